The van der Waals surface area contributed by atoms with Crippen LogP contribution in [0.2, 0.25) is 0 Å². The number of hydrogen-bond acceptors (Lipinski definition) is 3. The smallest absolute Gasteiger partial charge is 0.405 e. The maximum atomic E-state index is 12.3. The van der Waals surface area contributed by atoms with Crippen molar-refractivity contribution in [1.82, 2.24) is 0 Å². The van der Waals surface area contributed by atoms with Gasteiger partial charge in [-0.15, -0.1) is 24.8 Å². The monoisotopic (exact) mass is 362 g/mol. The van der Waals surface area contributed by atoms with E-state index in [9.17, 15) is 23.4 Å². The molecule has 2 unspecified atom stereocenters. The lowest BCUT2D eigenvalue weighted by atomic mass is 10.0. The number of aliphatic hydroxyl groups is 2. The highest BCUT2D eigenvalue weighted by atomic mass is 79.9. The van der Waals surface area contributed by atoms with Crippen molar-refractivity contribution in [2.24, 2.45) is 0 Å². The van der Waals surface area contributed by atoms with Crippen LogP contribution in [-0.2, 0) is 0 Å². The van der Waals surface area contributed by atoms with Crippen molar-refractivity contribution in [3.63, 3.8) is 0 Å². The number of hydrogen-bond donors (Lipinski definition) is 2. The van der Waals surface area contributed by atoms with Crippen LogP contribution in [-0.4, -0.2) is 28.6 Å². The lowest BCUT2D eigenvalue weighted by molar-refractivity contribution is -0.275. The molecule has 0 aliphatic heterocycles. The van der Waals surface area contributed by atoms with E-state index >= 15 is 0 Å². The van der Waals surface area contributed by atoms with Gasteiger partial charge in [0.05, 0.1) is 6.10 Å². The summed E-state index contributed by atoms with van der Waals surface area (Å²) in [7, 11) is 0. The van der Waals surface area contributed by atoms with Crippen molar-refractivity contribution in [3.05, 3.63) is 28.2 Å². The molecule has 0 radical (unpaired) electrons. The Bertz CT molecular complexity index is 428. The minimum absolute atomic E-state index is 0.0459. The van der Waals surface area contributed by atoms with E-state index in [2.05, 4.69) is 20.7 Å². The molecule has 0 aliphatic carbocycles. The molecular formula is C11H11BrClF3O3. The first-order chi connectivity index (χ1) is 8.74. The Morgan fingerprint density at radius 2 is 1.95 bits per heavy atom. The summed E-state index contributed by atoms with van der Waals surface area (Å²) in [6.07, 6.45) is -7.62. The largest absolute Gasteiger partial charge is 0.573 e. The summed E-state index contributed by atoms with van der Waals surface area (Å²) in [5, 5.41) is 19.4. The lowest BCUT2D eigenvalue weighted by Crippen LogP contribution is -2.22. The van der Waals surface area contributed by atoms with Crippen molar-refractivity contribution in [1.29, 1.82) is 0 Å². The van der Waals surface area contributed by atoms with Crippen LogP contribution in [0.5, 0.6) is 5.75 Å². The van der Waals surface area contributed by atoms with Gasteiger partial charge in [-0.1, -0.05) is 22.0 Å². The molecule has 0 saturated carbocycles. The molecule has 0 fully saturated rings. The highest BCUT2D eigenvalue weighted by Crippen LogP contribution is 2.34. The van der Waals surface area contributed by atoms with Crippen LogP contribution in [0.25, 0.3) is 0 Å². The molecule has 0 saturated heterocycles. The first kappa shape index (κ1) is 16.6. The molecule has 0 bridgehead atoms. The quantitative estimate of drug-likeness (QED) is 0.789. The second kappa shape index (κ2) is 6.78. The number of ether oxygens (including phenoxy) is 1. The van der Waals surface area contributed by atoms with Gasteiger partial charge in [0.2, 0.25) is 0 Å². The van der Waals surface area contributed by atoms with Crippen molar-refractivity contribution >= 4 is 27.5 Å². The van der Waals surface area contributed by atoms with Gasteiger partial charge in [0.1, 0.15) is 11.9 Å². The normalized spacial score (nSPS) is 15.1. The summed E-state index contributed by atoms with van der Waals surface area (Å²) < 4.78 is 41.0. The van der Waals surface area contributed by atoms with E-state index in [4.69, 9.17) is 11.6 Å². The predicted molar refractivity (Wildman–Crippen MR) is 67.1 cm³/mol. The summed E-state index contributed by atoms with van der Waals surface area (Å²) in [5.74, 6) is -0.493. The third-order valence-electron chi connectivity index (χ3n) is 2.29. The Morgan fingerprint density at radius 1 is 1.32 bits per heavy atom. The average Bonchev–Trinajstić information content (AvgIpc) is 2.26. The topological polar surface area (TPSA) is 49.7 Å². The highest BCUT2D eigenvalue weighted by Gasteiger charge is 2.33. The van der Waals surface area contributed by atoms with Crippen LogP contribution >= 0.6 is 27.5 Å². The Morgan fingerprint density at radius 3 is 2.47 bits per heavy atom. The molecule has 108 valence electrons. The fourth-order valence-corrected chi connectivity index (χ4v) is 2.01. The SMILES string of the molecule is OC(CCCl)C(O)c1ccc(Br)cc1OC(F)(F)F. The molecule has 1 aromatic rings. The van der Waals surface area contributed by atoms with Gasteiger partial charge in [-0.3, -0.25) is 0 Å². The Kier molecular flexibility index (Phi) is 5.91. The first-order valence-corrected chi connectivity index (χ1v) is 6.54. The summed E-state index contributed by atoms with van der Waals surface area (Å²) in [6.45, 7) is 0. The molecule has 0 amide bonds. The van der Waals surface area contributed by atoms with Gasteiger partial charge in [-0.05, 0) is 18.6 Å². The number of halogens is 5. The van der Waals surface area contributed by atoms with Crippen LogP contribution in [0.15, 0.2) is 22.7 Å². The van der Waals surface area contributed by atoms with Crippen LogP contribution in [0.4, 0.5) is 13.2 Å². The van der Waals surface area contributed by atoms with Gasteiger partial charge < -0.3 is 14.9 Å². The van der Waals surface area contributed by atoms with E-state index in [0.29, 0.717) is 4.47 Å². The summed E-state index contributed by atoms with van der Waals surface area (Å²) >= 11 is 8.42. The zero-order chi connectivity index (χ0) is 14.6. The van der Waals surface area contributed by atoms with E-state index in [0.717, 1.165) is 6.07 Å². The molecule has 0 spiro atoms. The van der Waals surface area contributed by atoms with Gasteiger partial charge >= 0.3 is 6.36 Å². The van der Waals surface area contributed by atoms with Crippen LogP contribution in [0.3, 0.4) is 0 Å². The number of alkyl halides is 4. The maximum absolute atomic E-state index is 12.3. The standard InChI is InChI=1S/C11H11BrClF3O3/c12-6-1-2-7(10(18)8(17)3-4-13)9(5-6)19-11(14,15)16/h1-2,5,8,10,17-18H,3-4H2. The minimum Gasteiger partial charge on any atom is -0.405 e. The summed E-state index contributed by atoms with van der Waals surface area (Å²) in [6, 6.07) is 3.75. The third kappa shape index (κ3) is 5.18. The van der Waals surface area contributed by atoms with Crippen LogP contribution in [0.1, 0.15) is 18.1 Å². The second-order valence-electron chi connectivity index (χ2n) is 3.72. The van der Waals surface area contributed by atoms with E-state index in [1.807, 2.05) is 0 Å². The fourth-order valence-electron chi connectivity index (χ4n) is 1.44. The van der Waals surface area contributed by atoms with E-state index < -0.39 is 24.3 Å². The van der Waals surface area contributed by atoms with E-state index in [1.54, 1.807) is 0 Å². The predicted octanol–water partition coefficient (Wildman–Crippen LogP) is 3.37. The first-order valence-electron chi connectivity index (χ1n) is 5.22. The number of rotatable bonds is 5. The van der Waals surface area contributed by atoms with Crippen molar-refractivity contribution < 1.29 is 28.1 Å². The zero-order valence-corrected chi connectivity index (χ0v) is 11.8. The summed E-state index contributed by atoms with van der Waals surface area (Å²) in [5.41, 5.74) is -0.154. The Labute approximate surface area is 121 Å². The molecule has 1 rings (SSSR count). The average molecular weight is 364 g/mol. The van der Waals surface area contributed by atoms with Crippen molar-refractivity contribution in [2.75, 3.05) is 5.88 Å². The molecule has 19 heavy (non-hydrogen) atoms. The molecule has 8 heteroatoms. The third-order valence-corrected chi connectivity index (χ3v) is 3.00. The molecule has 0 aliphatic rings. The Hall–Kier alpha value is -0.500. The number of benzene rings is 1. The van der Waals surface area contributed by atoms with E-state index in [1.165, 1.54) is 12.1 Å². The molecule has 2 atom stereocenters. The molecule has 1 aromatic carbocycles. The van der Waals surface area contributed by atoms with Gasteiger partial charge in [0.15, 0.2) is 0 Å². The van der Waals surface area contributed by atoms with Gasteiger partial charge in [0.25, 0.3) is 0 Å². The molecule has 3 nitrogen and oxygen atoms in total. The van der Waals surface area contributed by atoms with Crippen LogP contribution < -0.4 is 4.74 Å². The van der Waals surface area contributed by atoms with E-state index in [-0.39, 0.29) is 17.9 Å². The zero-order valence-electron chi connectivity index (χ0n) is 9.49. The molecule has 0 heterocycles. The van der Waals surface area contributed by atoms with Crippen molar-refractivity contribution in [2.45, 2.75) is 25.0 Å². The molecule has 0 aromatic heterocycles. The Balaban J connectivity index is 3.05. The maximum Gasteiger partial charge on any atom is 0.573 e. The number of aliphatic hydroxyl groups excluding tert-OH is 2. The van der Waals surface area contributed by atoms with Crippen molar-refractivity contribution in [3.8, 4) is 5.75 Å². The fraction of sp³-hybridized carbons (Fsp3) is 0.455. The van der Waals surface area contributed by atoms with Gasteiger partial charge in [-0.2, -0.15) is 0 Å². The minimum atomic E-state index is -4.88. The molecular weight excluding hydrogens is 352 g/mol. The second-order valence-corrected chi connectivity index (χ2v) is 5.01. The molecule has 2 N–H and O–H groups in total. The van der Waals surface area contributed by atoms with Gasteiger partial charge in [0, 0.05) is 15.9 Å². The highest BCUT2D eigenvalue weighted by molar-refractivity contribution is 9.10. The van der Waals surface area contributed by atoms with Gasteiger partial charge in [-0.25, -0.2) is 0 Å². The summed E-state index contributed by atoms with van der Waals surface area (Å²) in [4.78, 5) is 0. The lowest BCUT2D eigenvalue weighted by Gasteiger charge is -2.21. The van der Waals surface area contributed by atoms with Crippen LogP contribution in [0, 0.1) is 0 Å².